The Kier molecular flexibility index (Phi) is 14.5. The monoisotopic (exact) mass is 728 g/mol. The fourth-order valence-corrected chi connectivity index (χ4v) is 3.95. The summed E-state index contributed by atoms with van der Waals surface area (Å²) >= 11 is 0. The zero-order valence-corrected chi connectivity index (χ0v) is 30.8. The van der Waals surface area contributed by atoms with Crippen molar-refractivity contribution in [2.75, 3.05) is 0 Å². The van der Waals surface area contributed by atoms with E-state index in [9.17, 15) is 24.0 Å². The Bertz CT molecular complexity index is 2070. The van der Waals surface area contributed by atoms with Crippen molar-refractivity contribution in [2.45, 2.75) is 34.6 Å². The molecule has 0 radical (unpaired) electrons. The average molecular weight is 729 g/mol. The van der Waals surface area contributed by atoms with Crippen LogP contribution in [0.2, 0.25) is 0 Å². The Labute approximate surface area is 314 Å². The number of benzene rings is 4. The molecule has 0 N–H and O–H groups in total. The Morgan fingerprint density at radius 1 is 0.333 bits per heavy atom. The number of carbonyl (C=O) groups excluding carboxylic acids is 5. The minimum atomic E-state index is -0.651. The van der Waals surface area contributed by atoms with Gasteiger partial charge in [-0.15, -0.1) is 0 Å². The van der Waals surface area contributed by atoms with Gasteiger partial charge in [0, 0.05) is 27.9 Å². The standard InChI is InChI=1S/C24H22O6.C20H18O4/c1-14(2)22(25)28-19-10-7-17(8-11-19)18-9-12-20(29-23(26)15(3)4)21(13-18)30-24(27)16(5)6;1-13(2)19(21)23-17-9-5-15(6-10-17)16-7-11-18(12-8-16)24-20(22)14(3)4/h7-13H,1,3,5H2,2,4,6H3;5-12H,1,3H2,2,4H3. The highest BCUT2D eigenvalue weighted by Crippen LogP contribution is 2.34. The lowest BCUT2D eigenvalue weighted by atomic mass is 10.0. The topological polar surface area (TPSA) is 132 Å². The molecule has 0 spiro atoms. The second-order valence-corrected chi connectivity index (χ2v) is 12.1. The van der Waals surface area contributed by atoms with Crippen molar-refractivity contribution in [1.29, 1.82) is 0 Å². The van der Waals surface area contributed by atoms with Crippen LogP contribution >= 0.6 is 0 Å². The molecule has 0 bridgehead atoms. The number of hydrogen-bond acceptors (Lipinski definition) is 10. The summed E-state index contributed by atoms with van der Waals surface area (Å²) < 4.78 is 26.0. The van der Waals surface area contributed by atoms with Gasteiger partial charge >= 0.3 is 29.8 Å². The maximum absolute atomic E-state index is 12.0. The van der Waals surface area contributed by atoms with Gasteiger partial charge in [-0.3, -0.25) is 0 Å². The fraction of sp³-hybridized carbons (Fsp3) is 0.114. The molecule has 0 aliphatic heterocycles. The summed E-state index contributed by atoms with van der Waals surface area (Å²) in [5.74, 6) is -1.29. The highest BCUT2D eigenvalue weighted by Gasteiger charge is 2.17. The lowest BCUT2D eigenvalue weighted by Crippen LogP contribution is -2.12. The van der Waals surface area contributed by atoms with E-state index in [0.29, 0.717) is 39.5 Å². The minimum absolute atomic E-state index is 0.0629. The molecular formula is C44H40O10. The highest BCUT2D eigenvalue weighted by molar-refractivity contribution is 5.92. The van der Waals surface area contributed by atoms with E-state index in [1.165, 1.54) is 19.9 Å². The summed E-state index contributed by atoms with van der Waals surface area (Å²) in [4.78, 5) is 58.4. The number of hydrogen-bond donors (Lipinski definition) is 0. The predicted octanol–water partition coefficient (Wildman–Crippen LogP) is 9.11. The molecule has 0 unspecified atom stereocenters. The van der Waals surface area contributed by atoms with Gasteiger partial charge in [-0.25, -0.2) is 24.0 Å². The normalized spacial score (nSPS) is 9.94. The van der Waals surface area contributed by atoms with Crippen molar-refractivity contribution < 1.29 is 47.7 Å². The van der Waals surface area contributed by atoms with Crippen LogP contribution in [0.1, 0.15) is 34.6 Å². The first kappa shape index (κ1) is 41.4. The van der Waals surface area contributed by atoms with E-state index in [0.717, 1.165) is 16.7 Å². The highest BCUT2D eigenvalue weighted by atomic mass is 16.6. The Balaban J connectivity index is 0.000000297. The first-order chi connectivity index (χ1) is 25.4. The lowest BCUT2D eigenvalue weighted by molar-refractivity contribution is -0.132. The SMILES string of the molecule is C=C(C)C(=O)Oc1ccc(-c2ccc(OC(=O)C(=C)C)c(OC(=O)C(=C)C)c2)cc1.C=C(C)C(=O)Oc1ccc(-c2ccc(OC(=O)C(=C)C)cc2)cc1. The van der Waals surface area contributed by atoms with Gasteiger partial charge in [0.1, 0.15) is 17.2 Å². The number of esters is 5. The summed E-state index contributed by atoms with van der Waals surface area (Å²) in [5, 5.41) is 0. The number of carbonyl (C=O) groups is 5. The summed E-state index contributed by atoms with van der Waals surface area (Å²) in [6.07, 6.45) is 0. The summed E-state index contributed by atoms with van der Waals surface area (Å²) in [7, 11) is 0. The van der Waals surface area contributed by atoms with Gasteiger partial charge in [0.2, 0.25) is 0 Å². The van der Waals surface area contributed by atoms with Crippen LogP contribution in [0.3, 0.4) is 0 Å². The summed E-state index contributed by atoms with van der Waals surface area (Å²) in [6, 6.07) is 25.7. The van der Waals surface area contributed by atoms with Crippen molar-refractivity contribution in [1.82, 2.24) is 0 Å². The van der Waals surface area contributed by atoms with Crippen LogP contribution in [0.15, 0.2) is 152 Å². The maximum Gasteiger partial charge on any atom is 0.338 e. The third-order valence-electron chi connectivity index (χ3n) is 6.95. The Morgan fingerprint density at radius 3 is 0.870 bits per heavy atom. The van der Waals surface area contributed by atoms with Crippen LogP contribution in [-0.2, 0) is 24.0 Å². The smallest absolute Gasteiger partial charge is 0.338 e. The lowest BCUT2D eigenvalue weighted by Gasteiger charge is -2.13. The van der Waals surface area contributed by atoms with E-state index >= 15 is 0 Å². The molecule has 0 saturated carbocycles. The van der Waals surface area contributed by atoms with E-state index < -0.39 is 29.8 Å². The molecule has 0 heterocycles. The van der Waals surface area contributed by atoms with E-state index in [2.05, 4.69) is 32.9 Å². The van der Waals surface area contributed by atoms with Crippen molar-refractivity contribution >= 4 is 29.8 Å². The molecule has 0 fully saturated rings. The van der Waals surface area contributed by atoms with Crippen LogP contribution in [0.25, 0.3) is 22.3 Å². The van der Waals surface area contributed by atoms with Crippen molar-refractivity contribution in [2.24, 2.45) is 0 Å². The molecule has 10 heteroatoms. The predicted molar refractivity (Wildman–Crippen MR) is 206 cm³/mol. The molecule has 0 aliphatic rings. The van der Waals surface area contributed by atoms with Gasteiger partial charge in [-0.05, 0) is 105 Å². The Morgan fingerprint density at radius 2 is 0.574 bits per heavy atom. The fourth-order valence-electron chi connectivity index (χ4n) is 3.95. The molecule has 4 aromatic carbocycles. The van der Waals surface area contributed by atoms with E-state index in [1.807, 2.05) is 24.3 Å². The minimum Gasteiger partial charge on any atom is -0.423 e. The molecule has 0 amide bonds. The number of ether oxygens (including phenoxy) is 5. The zero-order valence-electron chi connectivity index (χ0n) is 30.8. The second kappa shape index (κ2) is 19.0. The van der Waals surface area contributed by atoms with E-state index in [1.54, 1.807) is 81.4 Å². The quantitative estimate of drug-likeness (QED) is 0.0791. The molecule has 10 nitrogen and oxygen atoms in total. The Hall–Kier alpha value is -7.07. The molecule has 0 aromatic heterocycles. The molecule has 4 aromatic rings. The largest absolute Gasteiger partial charge is 0.423 e. The van der Waals surface area contributed by atoms with E-state index in [-0.39, 0.29) is 22.6 Å². The van der Waals surface area contributed by atoms with Crippen molar-refractivity contribution in [3.8, 4) is 51.0 Å². The summed E-state index contributed by atoms with van der Waals surface area (Å²) in [5.41, 5.74) is 4.73. The molecule has 54 heavy (non-hydrogen) atoms. The van der Waals surface area contributed by atoms with Gasteiger partial charge < -0.3 is 23.7 Å². The summed E-state index contributed by atoms with van der Waals surface area (Å²) in [6.45, 7) is 25.5. The maximum atomic E-state index is 12.0. The van der Waals surface area contributed by atoms with Crippen LogP contribution in [0.5, 0.6) is 28.7 Å². The van der Waals surface area contributed by atoms with Gasteiger partial charge in [0.25, 0.3) is 0 Å². The van der Waals surface area contributed by atoms with Crippen LogP contribution in [0, 0.1) is 0 Å². The average Bonchev–Trinajstić information content (AvgIpc) is 3.13. The van der Waals surface area contributed by atoms with Gasteiger partial charge in [-0.2, -0.15) is 0 Å². The van der Waals surface area contributed by atoms with Crippen LogP contribution < -0.4 is 23.7 Å². The third-order valence-corrected chi connectivity index (χ3v) is 6.95. The van der Waals surface area contributed by atoms with Crippen LogP contribution in [0.4, 0.5) is 0 Å². The first-order valence-electron chi connectivity index (χ1n) is 16.3. The molecule has 0 aliphatic carbocycles. The van der Waals surface area contributed by atoms with Gasteiger partial charge in [-0.1, -0.05) is 75.4 Å². The third kappa shape index (κ3) is 12.3. The molecule has 276 valence electrons. The van der Waals surface area contributed by atoms with E-state index in [4.69, 9.17) is 23.7 Å². The molecular weight excluding hydrogens is 688 g/mol. The first-order valence-corrected chi connectivity index (χ1v) is 16.3. The van der Waals surface area contributed by atoms with Gasteiger partial charge in [0.05, 0.1) is 0 Å². The number of rotatable bonds is 12. The molecule has 4 rings (SSSR count). The van der Waals surface area contributed by atoms with Crippen molar-refractivity contribution in [3.05, 3.63) is 152 Å². The van der Waals surface area contributed by atoms with Crippen LogP contribution in [-0.4, -0.2) is 29.8 Å². The zero-order chi connectivity index (χ0) is 40.1. The van der Waals surface area contributed by atoms with Gasteiger partial charge in [0.15, 0.2) is 11.5 Å². The second-order valence-electron chi connectivity index (χ2n) is 12.1. The molecule has 0 saturated heterocycles. The molecule has 0 atom stereocenters. The van der Waals surface area contributed by atoms with Crippen molar-refractivity contribution in [3.63, 3.8) is 0 Å².